The minimum Gasteiger partial charge on any atom is -0.442 e. The Morgan fingerprint density at radius 1 is 1.26 bits per heavy atom. The lowest BCUT2D eigenvalue weighted by Crippen LogP contribution is -2.31. The molecule has 23 heavy (non-hydrogen) atoms. The molecule has 2 fully saturated rings. The molecule has 1 aromatic carbocycles. The first-order valence-corrected chi connectivity index (χ1v) is 7.38. The summed E-state index contributed by atoms with van der Waals surface area (Å²) in [4.78, 5) is 12.7. The van der Waals surface area contributed by atoms with E-state index in [1.54, 1.807) is 6.07 Å². The van der Waals surface area contributed by atoms with Crippen molar-refractivity contribution in [2.24, 2.45) is 16.9 Å². The molecule has 0 bridgehead atoms. The second-order valence-corrected chi connectivity index (χ2v) is 6.14. The van der Waals surface area contributed by atoms with Crippen LogP contribution in [0.15, 0.2) is 23.3 Å². The molecule has 1 saturated heterocycles. The number of cyclic esters (lactones) is 1. The van der Waals surface area contributed by atoms with E-state index >= 15 is 0 Å². The number of ether oxygens (including phenoxy) is 1. The minimum atomic E-state index is -4.45. The number of hydrazone groups is 1. The average Bonchev–Trinajstić information content (AvgIpc) is 3.13. The van der Waals surface area contributed by atoms with Gasteiger partial charge in [0.25, 0.3) is 0 Å². The molecule has 0 spiro atoms. The number of anilines is 1. The van der Waals surface area contributed by atoms with E-state index in [-0.39, 0.29) is 18.0 Å². The number of piperidine rings is 1. The lowest BCUT2D eigenvalue weighted by Gasteiger charge is -2.25. The Morgan fingerprint density at radius 2 is 2.00 bits per heavy atom. The molecule has 0 aromatic heterocycles. The summed E-state index contributed by atoms with van der Waals surface area (Å²) in [5, 5.41) is 3.76. The fourth-order valence-corrected chi connectivity index (χ4v) is 3.27. The van der Waals surface area contributed by atoms with Gasteiger partial charge in [-0.2, -0.15) is 18.3 Å². The van der Waals surface area contributed by atoms with E-state index in [9.17, 15) is 18.0 Å². The molecule has 2 unspecified atom stereocenters. The maximum absolute atomic E-state index is 13.5. The topological polar surface area (TPSA) is 53.9 Å². The number of carbonyl (C=O) groups excluding carboxylic acids is 1. The summed E-state index contributed by atoms with van der Waals surface area (Å²) < 4.78 is 45.1. The predicted octanol–water partition coefficient (Wildman–Crippen LogP) is 2.61. The number of rotatable bonds is 2. The Morgan fingerprint density at radius 3 is 2.61 bits per heavy atom. The van der Waals surface area contributed by atoms with E-state index in [1.807, 2.05) is 4.90 Å². The van der Waals surface area contributed by atoms with Gasteiger partial charge >= 0.3 is 12.3 Å². The Balaban J connectivity index is 1.69. The van der Waals surface area contributed by atoms with Gasteiger partial charge in [0.05, 0.1) is 5.56 Å². The van der Waals surface area contributed by atoms with Crippen LogP contribution in [0, 0.1) is 11.8 Å². The highest BCUT2D eigenvalue weighted by atomic mass is 19.4. The summed E-state index contributed by atoms with van der Waals surface area (Å²) in [6.45, 7) is 1.23. The molecular weight excluding hydrogens is 311 g/mol. The van der Waals surface area contributed by atoms with Crippen LogP contribution >= 0.6 is 0 Å². The molecule has 1 saturated carbocycles. The molecule has 122 valence electrons. The summed E-state index contributed by atoms with van der Waals surface area (Å²) >= 11 is 0. The minimum absolute atomic E-state index is 0.143. The average molecular weight is 325 g/mol. The molecule has 0 radical (unpaired) electrons. The number of halogens is 3. The zero-order chi connectivity index (χ0) is 16.2. The number of benzene rings is 1. The lowest BCUT2D eigenvalue weighted by atomic mass is 10.0. The Hall–Kier alpha value is -2.25. The first-order chi connectivity index (χ1) is 10.9. The van der Waals surface area contributed by atoms with Gasteiger partial charge in [-0.15, -0.1) is 0 Å². The van der Waals surface area contributed by atoms with Gasteiger partial charge in [-0.05, 0) is 30.4 Å². The van der Waals surface area contributed by atoms with E-state index in [2.05, 4.69) is 10.5 Å². The van der Waals surface area contributed by atoms with Gasteiger partial charge in [0.15, 0.2) is 0 Å². The highest BCUT2D eigenvalue weighted by Crippen LogP contribution is 2.48. The summed E-state index contributed by atoms with van der Waals surface area (Å²) in [5.41, 5.74) is 2.22. The molecule has 4 rings (SSSR count). The number of carbonyl (C=O) groups is 1. The van der Waals surface area contributed by atoms with Crippen molar-refractivity contribution in [2.45, 2.75) is 12.6 Å². The normalized spacial score (nSPS) is 26.3. The van der Waals surface area contributed by atoms with Gasteiger partial charge in [0.1, 0.15) is 12.3 Å². The van der Waals surface area contributed by atoms with Crippen LogP contribution < -0.4 is 10.3 Å². The summed E-state index contributed by atoms with van der Waals surface area (Å²) in [6.07, 6.45) is -4.03. The third-order valence-electron chi connectivity index (χ3n) is 4.58. The molecule has 1 N–H and O–H groups in total. The van der Waals surface area contributed by atoms with E-state index in [4.69, 9.17) is 4.74 Å². The third-order valence-corrected chi connectivity index (χ3v) is 4.58. The first-order valence-electron chi connectivity index (χ1n) is 7.38. The van der Waals surface area contributed by atoms with E-state index in [0.717, 1.165) is 12.5 Å². The van der Waals surface area contributed by atoms with E-state index in [0.29, 0.717) is 30.5 Å². The lowest BCUT2D eigenvalue weighted by molar-refractivity contribution is -0.137. The molecule has 3 aliphatic rings. The quantitative estimate of drug-likeness (QED) is 0.909. The second kappa shape index (κ2) is 4.87. The van der Waals surface area contributed by atoms with Crippen LogP contribution in [0.2, 0.25) is 0 Å². The van der Waals surface area contributed by atoms with Crippen molar-refractivity contribution in [3.05, 3.63) is 29.3 Å². The van der Waals surface area contributed by atoms with Crippen LogP contribution in [-0.2, 0) is 10.9 Å². The maximum Gasteiger partial charge on any atom is 0.428 e. The number of nitrogens with zero attached hydrogens (tertiary/aromatic N) is 2. The van der Waals surface area contributed by atoms with Gasteiger partial charge in [-0.1, -0.05) is 6.07 Å². The molecule has 1 aromatic rings. The predicted molar refractivity (Wildman–Crippen MR) is 76.3 cm³/mol. The first kappa shape index (κ1) is 14.3. The van der Waals surface area contributed by atoms with Crippen molar-refractivity contribution in [2.75, 3.05) is 24.6 Å². The van der Waals surface area contributed by atoms with Crippen molar-refractivity contribution in [1.29, 1.82) is 0 Å². The maximum atomic E-state index is 13.5. The molecule has 2 aliphatic heterocycles. The van der Waals surface area contributed by atoms with Crippen LogP contribution in [-0.4, -0.2) is 31.5 Å². The fourth-order valence-electron chi connectivity index (χ4n) is 3.27. The number of nitrogens with one attached hydrogen (secondary N) is 1. The van der Waals surface area contributed by atoms with Gasteiger partial charge < -0.3 is 9.64 Å². The van der Waals surface area contributed by atoms with Crippen molar-refractivity contribution < 1.29 is 22.7 Å². The zero-order valence-corrected chi connectivity index (χ0v) is 12.1. The van der Waals surface area contributed by atoms with E-state index in [1.165, 1.54) is 6.07 Å². The highest BCUT2D eigenvalue weighted by molar-refractivity contribution is 6.04. The summed E-state index contributed by atoms with van der Waals surface area (Å²) in [6, 6.07) is 4.16. The monoisotopic (exact) mass is 325 g/mol. The van der Waals surface area contributed by atoms with Gasteiger partial charge in [0, 0.05) is 24.3 Å². The van der Waals surface area contributed by atoms with Crippen LogP contribution in [0.5, 0.6) is 0 Å². The van der Waals surface area contributed by atoms with E-state index < -0.39 is 17.8 Å². The largest absolute Gasteiger partial charge is 0.442 e. The molecular formula is C15H14F3N3O2. The number of hydrogen-bond donors (Lipinski definition) is 1. The van der Waals surface area contributed by atoms with Crippen molar-refractivity contribution in [3.63, 3.8) is 0 Å². The van der Waals surface area contributed by atoms with Crippen LogP contribution in [0.25, 0.3) is 0 Å². The molecule has 8 heteroatoms. The van der Waals surface area contributed by atoms with Gasteiger partial charge in [-0.3, -0.25) is 0 Å². The van der Waals surface area contributed by atoms with Crippen LogP contribution in [0.1, 0.15) is 17.5 Å². The molecule has 1 amide bonds. The highest BCUT2D eigenvalue weighted by Gasteiger charge is 2.47. The summed E-state index contributed by atoms with van der Waals surface area (Å²) in [7, 11) is 0. The smallest absolute Gasteiger partial charge is 0.428 e. The number of alkyl halides is 3. The zero-order valence-electron chi connectivity index (χ0n) is 12.1. The summed E-state index contributed by atoms with van der Waals surface area (Å²) in [5.74, 6) is 1.09. The second-order valence-electron chi connectivity index (χ2n) is 6.14. The Bertz CT molecular complexity index is 692. The van der Waals surface area contributed by atoms with Crippen LogP contribution in [0.3, 0.4) is 0 Å². The molecule has 5 nitrogen and oxygen atoms in total. The van der Waals surface area contributed by atoms with Crippen molar-refractivity contribution >= 4 is 17.5 Å². The molecule has 2 atom stereocenters. The Kier molecular flexibility index (Phi) is 3.04. The number of amides is 1. The molecule has 2 heterocycles. The standard InChI is InChI=1S/C15H14F3N3O2/c16-15(17,18)11-4-8(12-7-23-14(22)20-19-12)1-2-13(11)21-5-9-3-10(9)6-21/h1-2,4,9-10H,3,5-7H2,(H,20,22). The van der Waals surface area contributed by atoms with Crippen LogP contribution in [0.4, 0.5) is 23.7 Å². The van der Waals surface area contributed by atoms with Crippen molar-refractivity contribution in [3.8, 4) is 0 Å². The SMILES string of the molecule is O=C1NN=C(c2ccc(N3CC4CC4C3)c(C(F)(F)F)c2)CO1. The van der Waals surface area contributed by atoms with Gasteiger partial charge in [0.2, 0.25) is 0 Å². The van der Waals surface area contributed by atoms with Gasteiger partial charge in [-0.25, -0.2) is 10.2 Å². The third kappa shape index (κ3) is 2.62. The number of hydrogen-bond acceptors (Lipinski definition) is 4. The fraction of sp³-hybridized carbons (Fsp3) is 0.467. The van der Waals surface area contributed by atoms with Crippen molar-refractivity contribution in [1.82, 2.24) is 5.43 Å². The number of fused-ring (bicyclic) bond motifs is 1. The molecule has 1 aliphatic carbocycles. The Labute approximate surface area is 130 Å².